The van der Waals surface area contributed by atoms with E-state index in [0.717, 1.165) is 21.8 Å². The van der Waals surface area contributed by atoms with E-state index in [1.807, 2.05) is 12.1 Å². The van der Waals surface area contributed by atoms with Crippen molar-refractivity contribution in [2.24, 2.45) is 0 Å². The number of ether oxygens (including phenoxy) is 1. The molecular formula is C15H10N2O2. The quantitative estimate of drug-likeness (QED) is 0.675. The highest BCUT2D eigenvalue weighted by Gasteiger charge is 2.14. The van der Waals surface area contributed by atoms with Gasteiger partial charge in [-0.1, -0.05) is 6.07 Å². The Kier molecular flexibility index (Phi) is 2.46. The fourth-order valence-corrected chi connectivity index (χ4v) is 2.30. The summed E-state index contributed by atoms with van der Waals surface area (Å²) in [6, 6.07) is 12.9. The monoisotopic (exact) mass is 250 g/mol. The first kappa shape index (κ1) is 11.3. The third-order valence-electron chi connectivity index (χ3n) is 3.16. The summed E-state index contributed by atoms with van der Waals surface area (Å²) >= 11 is 0. The van der Waals surface area contributed by atoms with Crippen molar-refractivity contribution in [2.45, 2.75) is 0 Å². The largest absolute Gasteiger partial charge is 0.465 e. The van der Waals surface area contributed by atoms with Gasteiger partial charge in [-0.15, -0.1) is 0 Å². The second kappa shape index (κ2) is 4.14. The second-order valence-electron chi connectivity index (χ2n) is 4.22. The second-order valence-corrected chi connectivity index (χ2v) is 4.22. The van der Waals surface area contributed by atoms with Gasteiger partial charge in [-0.3, -0.25) is 0 Å². The molecule has 0 unspecified atom stereocenters. The van der Waals surface area contributed by atoms with Gasteiger partial charge in [0.1, 0.15) is 0 Å². The first-order valence-electron chi connectivity index (χ1n) is 5.77. The fraction of sp³-hybridized carbons (Fsp3) is 0.0667. The summed E-state index contributed by atoms with van der Waals surface area (Å²) in [7, 11) is 1.36. The third-order valence-corrected chi connectivity index (χ3v) is 3.16. The van der Waals surface area contributed by atoms with Crippen molar-refractivity contribution in [3.8, 4) is 6.07 Å². The van der Waals surface area contributed by atoms with Crippen molar-refractivity contribution in [2.75, 3.05) is 7.11 Å². The lowest BCUT2D eigenvalue weighted by molar-refractivity contribution is 0.0603. The molecule has 0 saturated heterocycles. The van der Waals surface area contributed by atoms with Gasteiger partial charge in [0.2, 0.25) is 0 Å². The standard InChI is InChI=1S/C15H10N2O2/c1-19-15(18)10-3-2-4-13-14(10)11-7-9(8-16)5-6-12(11)17-13/h2-7,17H,1H3. The highest BCUT2D eigenvalue weighted by molar-refractivity contribution is 6.16. The van der Waals surface area contributed by atoms with Crippen molar-refractivity contribution in [3.63, 3.8) is 0 Å². The lowest BCUT2D eigenvalue weighted by atomic mass is 10.0. The minimum Gasteiger partial charge on any atom is -0.465 e. The van der Waals surface area contributed by atoms with Crippen LogP contribution in [-0.4, -0.2) is 18.1 Å². The Morgan fingerprint density at radius 3 is 2.84 bits per heavy atom. The highest BCUT2D eigenvalue weighted by Crippen LogP contribution is 2.29. The molecule has 1 N–H and O–H groups in total. The maximum absolute atomic E-state index is 11.8. The number of aromatic amines is 1. The van der Waals surface area contributed by atoms with Crippen LogP contribution in [0.5, 0.6) is 0 Å². The number of benzene rings is 2. The highest BCUT2D eigenvalue weighted by atomic mass is 16.5. The Morgan fingerprint density at radius 1 is 1.26 bits per heavy atom. The lowest BCUT2D eigenvalue weighted by Gasteiger charge is -2.01. The first-order chi connectivity index (χ1) is 9.24. The third kappa shape index (κ3) is 1.64. The molecular weight excluding hydrogens is 240 g/mol. The summed E-state index contributed by atoms with van der Waals surface area (Å²) in [5, 5.41) is 10.6. The van der Waals surface area contributed by atoms with E-state index >= 15 is 0 Å². The van der Waals surface area contributed by atoms with Crippen molar-refractivity contribution in [1.29, 1.82) is 5.26 Å². The number of aromatic nitrogens is 1. The molecule has 92 valence electrons. The number of fused-ring (bicyclic) bond motifs is 3. The van der Waals surface area contributed by atoms with Crippen molar-refractivity contribution < 1.29 is 9.53 Å². The number of nitrogens with one attached hydrogen (secondary N) is 1. The van der Waals surface area contributed by atoms with Gasteiger partial charge in [0, 0.05) is 21.8 Å². The Hall–Kier alpha value is -2.80. The van der Waals surface area contributed by atoms with E-state index in [1.165, 1.54) is 7.11 Å². The van der Waals surface area contributed by atoms with Crippen LogP contribution in [0, 0.1) is 11.3 Å². The molecule has 0 bridgehead atoms. The van der Waals surface area contributed by atoms with E-state index in [9.17, 15) is 4.79 Å². The first-order valence-corrected chi connectivity index (χ1v) is 5.77. The molecule has 0 saturated carbocycles. The maximum Gasteiger partial charge on any atom is 0.338 e. The van der Waals surface area contributed by atoms with Crippen LogP contribution < -0.4 is 0 Å². The van der Waals surface area contributed by atoms with Crippen LogP contribution in [0.3, 0.4) is 0 Å². The number of methoxy groups -OCH3 is 1. The van der Waals surface area contributed by atoms with Gasteiger partial charge in [-0.2, -0.15) is 5.26 Å². The molecule has 0 amide bonds. The molecule has 0 radical (unpaired) electrons. The number of H-pyrrole nitrogens is 1. The van der Waals surface area contributed by atoms with Crippen molar-refractivity contribution >= 4 is 27.8 Å². The molecule has 2 aromatic carbocycles. The van der Waals surface area contributed by atoms with E-state index in [1.54, 1.807) is 24.3 Å². The van der Waals surface area contributed by atoms with Crippen LogP contribution in [-0.2, 0) is 4.74 Å². The van der Waals surface area contributed by atoms with Gasteiger partial charge in [0.15, 0.2) is 0 Å². The van der Waals surface area contributed by atoms with Gasteiger partial charge in [-0.25, -0.2) is 4.79 Å². The van der Waals surface area contributed by atoms with Crippen LogP contribution in [0.15, 0.2) is 36.4 Å². The Morgan fingerprint density at radius 2 is 2.11 bits per heavy atom. The van der Waals surface area contributed by atoms with Crippen LogP contribution in [0.4, 0.5) is 0 Å². The predicted molar refractivity (Wildman–Crippen MR) is 71.9 cm³/mol. The molecule has 1 aromatic heterocycles. The number of hydrogen-bond donors (Lipinski definition) is 1. The molecule has 0 spiro atoms. The minimum absolute atomic E-state index is 0.381. The van der Waals surface area contributed by atoms with Crippen molar-refractivity contribution in [1.82, 2.24) is 4.98 Å². The Bertz CT molecular complexity index is 840. The van der Waals surface area contributed by atoms with Gasteiger partial charge in [0.25, 0.3) is 0 Å². The number of hydrogen-bond acceptors (Lipinski definition) is 3. The fourth-order valence-electron chi connectivity index (χ4n) is 2.30. The van der Waals surface area contributed by atoms with E-state index < -0.39 is 0 Å². The molecule has 4 heteroatoms. The zero-order valence-electron chi connectivity index (χ0n) is 10.2. The summed E-state index contributed by atoms with van der Waals surface area (Å²) in [4.78, 5) is 15.1. The molecule has 0 aliphatic rings. The number of esters is 1. The van der Waals surface area contributed by atoms with Crippen LogP contribution in [0.2, 0.25) is 0 Å². The molecule has 3 aromatic rings. The predicted octanol–water partition coefficient (Wildman–Crippen LogP) is 2.98. The molecule has 1 heterocycles. The average molecular weight is 250 g/mol. The molecule has 0 fully saturated rings. The summed E-state index contributed by atoms with van der Waals surface area (Å²) in [6.45, 7) is 0. The Balaban J connectivity index is 2.46. The molecule has 19 heavy (non-hydrogen) atoms. The summed E-state index contributed by atoms with van der Waals surface area (Å²) in [5.74, 6) is -0.381. The average Bonchev–Trinajstić information content (AvgIpc) is 2.83. The minimum atomic E-state index is -0.381. The summed E-state index contributed by atoms with van der Waals surface area (Å²) in [6.07, 6.45) is 0. The van der Waals surface area contributed by atoms with Gasteiger partial charge < -0.3 is 9.72 Å². The number of nitriles is 1. The number of carbonyl (C=O) groups excluding carboxylic acids is 1. The van der Waals surface area contributed by atoms with Gasteiger partial charge in [0.05, 0.1) is 24.3 Å². The van der Waals surface area contributed by atoms with Crippen LogP contribution in [0.1, 0.15) is 15.9 Å². The molecule has 4 nitrogen and oxygen atoms in total. The van der Waals surface area contributed by atoms with Gasteiger partial charge in [-0.05, 0) is 30.3 Å². The van der Waals surface area contributed by atoms with Crippen LogP contribution in [0.25, 0.3) is 21.8 Å². The molecule has 0 aliphatic carbocycles. The number of nitrogens with zero attached hydrogens (tertiary/aromatic N) is 1. The molecule has 0 atom stereocenters. The van der Waals surface area contributed by atoms with Crippen molar-refractivity contribution in [3.05, 3.63) is 47.5 Å². The molecule has 3 rings (SSSR count). The van der Waals surface area contributed by atoms with E-state index in [2.05, 4.69) is 11.1 Å². The Labute approximate surface area is 109 Å². The number of carbonyl (C=O) groups is 1. The van der Waals surface area contributed by atoms with E-state index in [4.69, 9.17) is 10.00 Å². The van der Waals surface area contributed by atoms with E-state index in [0.29, 0.717) is 11.1 Å². The SMILES string of the molecule is COC(=O)c1cccc2[nH]c3ccc(C#N)cc3c12. The topological polar surface area (TPSA) is 65.9 Å². The lowest BCUT2D eigenvalue weighted by Crippen LogP contribution is -2.01. The molecule has 0 aliphatic heterocycles. The van der Waals surface area contributed by atoms with Gasteiger partial charge >= 0.3 is 5.97 Å². The summed E-state index contributed by atoms with van der Waals surface area (Å²) in [5.41, 5.74) is 2.81. The summed E-state index contributed by atoms with van der Waals surface area (Å²) < 4.78 is 4.80. The smallest absolute Gasteiger partial charge is 0.338 e. The zero-order chi connectivity index (χ0) is 13.4. The maximum atomic E-state index is 11.8. The number of rotatable bonds is 1. The zero-order valence-corrected chi connectivity index (χ0v) is 10.2. The van der Waals surface area contributed by atoms with Crippen LogP contribution >= 0.6 is 0 Å². The normalized spacial score (nSPS) is 10.5. The van der Waals surface area contributed by atoms with E-state index in [-0.39, 0.29) is 5.97 Å².